The maximum absolute atomic E-state index is 12.0. The minimum Gasteiger partial charge on any atom is -0.355 e. The average Bonchev–Trinajstić information content (AvgIpc) is 2.46. The number of carbonyl (C=O) groups is 2. The smallest absolute Gasteiger partial charge is 0.245 e. The highest BCUT2D eigenvalue weighted by Crippen LogP contribution is 2.17. The molecule has 1 aromatic carbocycles. The second-order valence-electron chi connectivity index (χ2n) is 5.64. The van der Waals surface area contributed by atoms with E-state index in [2.05, 4.69) is 31.3 Å². The predicted octanol–water partition coefficient (Wildman–Crippen LogP) is 2.00. The topological polar surface area (TPSA) is 78.4 Å². The maximum atomic E-state index is 12.0. The summed E-state index contributed by atoms with van der Waals surface area (Å²) in [4.78, 5) is 22.8. The van der Waals surface area contributed by atoms with Gasteiger partial charge in [0, 0.05) is 13.0 Å². The van der Waals surface area contributed by atoms with Gasteiger partial charge in [0.2, 0.25) is 11.8 Å². The first-order valence-corrected chi connectivity index (χ1v) is 7.23. The third-order valence-corrected chi connectivity index (χ3v) is 3.29. The number of benzene rings is 1. The molecule has 0 fully saturated rings. The number of hydrogen-bond donors (Lipinski definition) is 3. The molecule has 1 unspecified atom stereocenters. The molecule has 0 saturated carbocycles. The van der Waals surface area contributed by atoms with Crippen molar-refractivity contribution < 1.29 is 14.8 Å². The molecule has 0 aliphatic carbocycles. The van der Waals surface area contributed by atoms with E-state index in [-0.39, 0.29) is 24.8 Å². The van der Waals surface area contributed by atoms with Gasteiger partial charge >= 0.3 is 0 Å². The molecule has 5 heteroatoms. The quantitative estimate of drug-likeness (QED) is 0.531. The molecule has 21 heavy (non-hydrogen) atoms. The van der Waals surface area contributed by atoms with E-state index in [1.165, 1.54) is 11.0 Å². The SMILES string of the molecule is CC(C)Cc1ccc(C(C)C(=O)NCCC(=O)NO)cc1. The molecule has 2 amide bonds. The summed E-state index contributed by atoms with van der Waals surface area (Å²) in [6.07, 6.45) is 1.08. The zero-order chi connectivity index (χ0) is 15.8. The summed E-state index contributed by atoms with van der Waals surface area (Å²) in [5.41, 5.74) is 3.75. The van der Waals surface area contributed by atoms with Gasteiger partial charge in [-0.15, -0.1) is 0 Å². The van der Waals surface area contributed by atoms with Crippen molar-refractivity contribution in [2.75, 3.05) is 6.54 Å². The fourth-order valence-corrected chi connectivity index (χ4v) is 2.07. The van der Waals surface area contributed by atoms with Gasteiger partial charge in [-0.3, -0.25) is 14.8 Å². The van der Waals surface area contributed by atoms with E-state index in [0.717, 1.165) is 12.0 Å². The van der Waals surface area contributed by atoms with Gasteiger partial charge in [-0.25, -0.2) is 5.48 Å². The fraction of sp³-hybridized carbons (Fsp3) is 0.500. The summed E-state index contributed by atoms with van der Waals surface area (Å²) in [5, 5.41) is 11.0. The Bertz CT molecular complexity index is 469. The molecule has 0 aromatic heterocycles. The molecule has 0 spiro atoms. The Hall–Kier alpha value is -1.88. The van der Waals surface area contributed by atoms with Gasteiger partial charge < -0.3 is 5.32 Å². The highest BCUT2D eigenvalue weighted by Gasteiger charge is 2.15. The van der Waals surface area contributed by atoms with E-state index in [9.17, 15) is 9.59 Å². The first-order valence-electron chi connectivity index (χ1n) is 7.23. The molecule has 1 aromatic rings. The van der Waals surface area contributed by atoms with Crippen molar-refractivity contribution in [3.8, 4) is 0 Å². The summed E-state index contributed by atoms with van der Waals surface area (Å²) in [6, 6.07) is 8.06. The molecule has 116 valence electrons. The van der Waals surface area contributed by atoms with Crippen LogP contribution >= 0.6 is 0 Å². The van der Waals surface area contributed by atoms with Crippen molar-refractivity contribution in [3.05, 3.63) is 35.4 Å². The predicted molar refractivity (Wildman–Crippen MR) is 81.0 cm³/mol. The second kappa shape index (κ2) is 8.42. The highest BCUT2D eigenvalue weighted by molar-refractivity contribution is 5.83. The minimum atomic E-state index is -0.513. The summed E-state index contributed by atoms with van der Waals surface area (Å²) in [7, 11) is 0. The van der Waals surface area contributed by atoms with Gasteiger partial charge in [0.25, 0.3) is 0 Å². The van der Waals surface area contributed by atoms with Crippen LogP contribution in [0.15, 0.2) is 24.3 Å². The molecule has 1 atom stereocenters. The summed E-state index contributed by atoms with van der Waals surface area (Å²) < 4.78 is 0. The van der Waals surface area contributed by atoms with E-state index in [4.69, 9.17) is 5.21 Å². The van der Waals surface area contributed by atoms with Gasteiger partial charge in [-0.05, 0) is 30.4 Å². The zero-order valence-corrected chi connectivity index (χ0v) is 12.8. The van der Waals surface area contributed by atoms with Crippen molar-refractivity contribution in [1.29, 1.82) is 0 Å². The Morgan fingerprint density at radius 3 is 2.29 bits per heavy atom. The number of rotatable bonds is 7. The summed E-state index contributed by atoms with van der Waals surface area (Å²) in [6.45, 7) is 6.39. The molecular weight excluding hydrogens is 268 g/mol. The lowest BCUT2D eigenvalue weighted by Gasteiger charge is -2.13. The molecule has 3 N–H and O–H groups in total. The summed E-state index contributed by atoms with van der Waals surface area (Å²) >= 11 is 0. The van der Waals surface area contributed by atoms with Crippen molar-refractivity contribution in [3.63, 3.8) is 0 Å². The number of hydrogen-bond acceptors (Lipinski definition) is 3. The van der Waals surface area contributed by atoms with Crippen molar-refractivity contribution in [2.24, 2.45) is 5.92 Å². The number of nitrogens with one attached hydrogen (secondary N) is 2. The van der Waals surface area contributed by atoms with Gasteiger partial charge in [0.05, 0.1) is 5.92 Å². The van der Waals surface area contributed by atoms with Gasteiger partial charge in [-0.2, -0.15) is 0 Å². The van der Waals surface area contributed by atoms with Crippen LogP contribution in [0.5, 0.6) is 0 Å². The van der Waals surface area contributed by atoms with Crippen molar-refractivity contribution >= 4 is 11.8 Å². The Morgan fingerprint density at radius 1 is 1.14 bits per heavy atom. The largest absolute Gasteiger partial charge is 0.355 e. The first-order chi connectivity index (χ1) is 9.93. The molecular formula is C16H24N2O3. The van der Waals surface area contributed by atoms with Crippen LogP contribution in [0.2, 0.25) is 0 Å². The second-order valence-corrected chi connectivity index (χ2v) is 5.64. The van der Waals surface area contributed by atoms with Gasteiger partial charge in [-0.1, -0.05) is 38.1 Å². The van der Waals surface area contributed by atoms with Gasteiger partial charge in [0.15, 0.2) is 0 Å². The van der Waals surface area contributed by atoms with E-state index in [1.807, 2.05) is 19.1 Å². The molecule has 0 aliphatic heterocycles. The lowest BCUT2D eigenvalue weighted by Crippen LogP contribution is -2.32. The number of carbonyl (C=O) groups excluding carboxylic acids is 2. The van der Waals surface area contributed by atoms with Crippen LogP contribution in [-0.4, -0.2) is 23.6 Å². The van der Waals surface area contributed by atoms with Crippen LogP contribution in [0, 0.1) is 5.92 Å². The molecule has 0 saturated heterocycles. The lowest BCUT2D eigenvalue weighted by molar-refractivity contribution is -0.129. The molecule has 0 heterocycles. The minimum absolute atomic E-state index is 0.0578. The Balaban J connectivity index is 2.51. The Labute approximate surface area is 125 Å². The van der Waals surface area contributed by atoms with E-state index < -0.39 is 5.91 Å². The molecule has 0 radical (unpaired) electrons. The fourth-order valence-electron chi connectivity index (χ4n) is 2.07. The molecule has 5 nitrogen and oxygen atoms in total. The van der Waals surface area contributed by atoms with E-state index in [0.29, 0.717) is 5.92 Å². The third kappa shape index (κ3) is 5.95. The standard InChI is InChI=1S/C16H24N2O3/c1-11(2)10-13-4-6-14(7-5-13)12(3)16(20)17-9-8-15(19)18-21/h4-7,11-12,21H,8-10H2,1-3H3,(H,17,20)(H,18,19). The third-order valence-electron chi connectivity index (χ3n) is 3.29. The Kier molecular flexibility index (Phi) is 6.88. The molecule has 0 aliphatic rings. The number of hydroxylamine groups is 1. The van der Waals surface area contributed by atoms with Crippen LogP contribution in [0.1, 0.15) is 44.2 Å². The monoisotopic (exact) mass is 292 g/mol. The number of amides is 2. The summed E-state index contributed by atoms with van der Waals surface area (Å²) in [5.74, 6) is -0.303. The highest BCUT2D eigenvalue weighted by atomic mass is 16.5. The van der Waals surface area contributed by atoms with Crippen molar-refractivity contribution in [2.45, 2.75) is 39.5 Å². The van der Waals surface area contributed by atoms with Crippen LogP contribution in [0.3, 0.4) is 0 Å². The van der Waals surface area contributed by atoms with Crippen LogP contribution in [0.25, 0.3) is 0 Å². The van der Waals surface area contributed by atoms with Crippen molar-refractivity contribution in [1.82, 2.24) is 10.8 Å². The van der Waals surface area contributed by atoms with Crippen LogP contribution in [-0.2, 0) is 16.0 Å². The first kappa shape index (κ1) is 17.2. The Morgan fingerprint density at radius 2 is 1.76 bits per heavy atom. The van der Waals surface area contributed by atoms with Crippen LogP contribution in [0.4, 0.5) is 0 Å². The van der Waals surface area contributed by atoms with E-state index in [1.54, 1.807) is 0 Å². The van der Waals surface area contributed by atoms with Crippen LogP contribution < -0.4 is 10.8 Å². The zero-order valence-electron chi connectivity index (χ0n) is 12.8. The maximum Gasteiger partial charge on any atom is 0.245 e. The van der Waals surface area contributed by atoms with E-state index >= 15 is 0 Å². The molecule has 0 bridgehead atoms. The normalized spacial score (nSPS) is 12.0. The average molecular weight is 292 g/mol. The molecule has 1 rings (SSSR count). The lowest BCUT2D eigenvalue weighted by atomic mass is 9.96. The van der Waals surface area contributed by atoms with Gasteiger partial charge in [0.1, 0.15) is 0 Å².